The fourth-order valence-corrected chi connectivity index (χ4v) is 2.78. The molecule has 3 aromatic rings. The lowest BCUT2D eigenvalue weighted by Gasteiger charge is -2.13. The number of hydrogen-bond acceptors (Lipinski definition) is 5. The van der Waals surface area contributed by atoms with Crippen LogP contribution in [0.25, 0.3) is 0 Å². The smallest absolute Gasteiger partial charge is 0.219 e. The summed E-state index contributed by atoms with van der Waals surface area (Å²) in [6, 6.07) is 15.2. The van der Waals surface area contributed by atoms with Gasteiger partial charge in [0.15, 0.2) is 17.5 Å². The molecule has 2 N–H and O–H groups in total. The molecule has 32 heavy (non-hydrogen) atoms. The van der Waals surface area contributed by atoms with Gasteiger partial charge in [-0.25, -0.2) is 9.37 Å². The Balaban J connectivity index is 0.00000363. The zero-order valence-corrected chi connectivity index (χ0v) is 20.4. The summed E-state index contributed by atoms with van der Waals surface area (Å²) in [6.07, 6.45) is 1.72. The van der Waals surface area contributed by atoms with Crippen molar-refractivity contribution in [2.45, 2.75) is 13.1 Å². The second kappa shape index (κ2) is 12.7. The van der Waals surface area contributed by atoms with Crippen molar-refractivity contribution < 1.29 is 18.6 Å². The SMILES string of the molecule is CN=C(NCc1ccc(Oc2ccc(F)cc2)nc1)NCc1ccc(OC)c(OC)c1.I. The average Bonchev–Trinajstić information content (AvgIpc) is 2.81. The van der Waals surface area contributed by atoms with Gasteiger partial charge in [0.2, 0.25) is 5.88 Å². The van der Waals surface area contributed by atoms with Crippen molar-refractivity contribution in [2.75, 3.05) is 21.3 Å². The minimum Gasteiger partial charge on any atom is -0.493 e. The molecule has 0 spiro atoms. The summed E-state index contributed by atoms with van der Waals surface area (Å²) in [7, 11) is 4.93. The van der Waals surface area contributed by atoms with E-state index >= 15 is 0 Å². The summed E-state index contributed by atoms with van der Waals surface area (Å²) in [4.78, 5) is 8.52. The van der Waals surface area contributed by atoms with Crippen molar-refractivity contribution >= 4 is 29.9 Å². The Morgan fingerprint density at radius 3 is 2.16 bits per heavy atom. The van der Waals surface area contributed by atoms with Gasteiger partial charge < -0.3 is 24.8 Å². The number of aliphatic imine (C=N–C) groups is 1. The Labute approximate surface area is 204 Å². The van der Waals surface area contributed by atoms with Gasteiger partial charge in [-0.15, -0.1) is 24.0 Å². The Morgan fingerprint density at radius 1 is 0.906 bits per heavy atom. The second-order valence-electron chi connectivity index (χ2n) is 6.53. The van der Waals surface area contributed by atoms with Gasteiger partial charge in [-0.1, -0.05) is 12.1 Å². The molecule has 0 atom stereocenters. The fraction of sp³-hybridized carbons (Fsp3) is 0.217. The second-order valence-corrected chi connectivity index (χ2v) is 6.53. The van der Waals surface area contributed by atoms with Crippen LogP contribution in [0.1, 0.15) is 11.1 Å². The van der Waals surface area contributed by atoms with Crippen LogP contribution in [0, 0.1) is 5.82 Å². The van der Waals surface area contributed by atoms with Crippen LogP contribution in [-0.4, -0.2) is 32.2 Å². The zero-order valence-electron chi connectivity index (χ0n) is 18.1. The zero-order chi connectivity index (χ0) is 22.1. The van der Waals surface area contributed by atoms with Crippen LogP contribution in [0.15, 0.2) is 65.8 Å². The molecule has 0 radical (unpaired) electrons. The van der Waals surface area contributed by atoms with E-state index < -0.39 is 0 Å². The minimum atomic E-state index is -0.310. The maximum absolute atomic E-state index is 13.0. The van der Waals surface area contributed by atoms with Crippen LogP contribution in [-0.2, 0) is 13.1 Å². The Bertz CT molecular complexity index is 1010. The van der Waals surface area contributed by atoms with Crippen LogP contribution >= 0.6 is 24.0 Å². The number of methoxy groups -OCH3 is 2. The Hall–Kier alpha value is -3.08. The van der Waals surface area contributed by atoms with Crippen LogP contribution in [0.2, 0.25) is 0 Å². The molecule has 0 unspecified atom stereocenters. The van der Waals surface area contributed by atoms with Gasteiger partial charge in [0, 0.05) is 32.4 Å². The molecule has 9 heteroatoms. The number of aromatic nitrogens is 1. The molecule has 0 bridgehead atoms. The minimum absolute atomic E-state index is 0. The molecule has 0 aliphatic rings. The first kappa shape index (κ1) is 25.2. The van der Waals surface area contributed by atoms with E-state index in [1.165, 1.54) is 12.1 Å². The predicted octanol–water partition coefficient (Wildman–Crippen LogP) is 4.51. The lowest BCUT2D eigenvalue weighted by Crippen LogP contribution is -2.36. The quantitative estimate of drug-likeness (QED) is 0.243. The van der Waals surface area contributed by atoms with E-state index in [-0.39, 0.29) is 29.8 Å². The number of ether oxygens (including phenoxy) is 3. The molecule has 1 heterocycles. The summed E-state index contributed by atoms with van der Waals surface area (Å²) < 4.78 is 29.2. The van der Waals surface area contributed by atoms with E-state index in [1.54, 1.807) is 45.7 Å². The van der Waals surface area contributed by atoms with Crippen LogP contribution in [0.4, 0.5) is 4.39 Å². The summed E-state index contributed by atoms with van der Waals surface area (Å²) in [6.45, 7) is 1.11. The molecule has 3 rings (SSSR count). The van der Waals surface area contributed by atoms with Crippen molar-refractivity contribution in [3.8, 4) is 23.1 Å². The van der Waals surface area contributed by atoms with E-state index in [2.05, 4.69) is 20.6 Å². The molecular weight excluding hydrogens is 526 g/mol. The normalized spacial score (nSPS) is 10.7. The number of guanidine groups is 1. The number of nitrogens with one attached hydrogen (secondary N) is 2. The molecule has 1 aromatic heterocycles. The van der Waals surface area contributed by atoms with Gasteiger partial charge in [0.05, 0.1) is 14.2 Å². The van der Waals surface area contributed by atoms with Crippen molar-refractivity contribution in [3.63, 3.8) is 0 Å². The van der Waals surface area contributed by atoms with Gasteiger partial charge in [-0.3, -0.25) is 4.99 Å². The van der Waals surface area contributed by atoms with E-state index in [9.17, 15) is 4.39 Å². The molecule has 0 fully saturated rings. The molecule has 2 aromatic carbocycles. The average molecular weight is 552 g/mol. The van der Waals surface area contributed by atoms with Gasteiger partial charge in [-0.05, 0) is 47.5 Å². The molecule has 170 valence electrons. The first-order valence-electron chi connectivity index (χ1n) is 9.65. The number of pyridine rings is 1. The van der Waals surface area contributed by atoms with E-state index in [0.29, 0.717) is 42.2 Å². The summed E-state index contributed by atoms with van der Waals surface area (Å²) >= 11 is 0. The Kier molecular flexibility index (Phi) is 9.99. The summed E-state index contributed by atoms with van der Waals surface area (Å²) in [5, 5.41) is 6.50. The standard InChI is InChI=1S/C23H25FN4O3.HI/c1-25-23(27-13-16-4-10-20(29-2)21(12-16)30-3)28-15-17-5-11-22(26-14-17)31-19-8-6-18(24)7-9-19;/h4-12,14H,13,15H2,1-3H3,(H2,25,27,28);1H. The van der Waals surface area contributed by atoms with Crippen molar-refractivity contribution in [3.05, 3.63) is 77.7 Å². The molecule has 7 nitrogen and oxygen atoms in total. The largest absolute Gasteiger partial charge is 0.493 e. The lowest BCUT2D eigenvalue weighted by molar-refractivity contribution is 0.354. The van der Waals surface area contributed by atoms with Crippen LogP contribution < -0.4 is 24.8 Å². The van der Waals surface area contributed by atoms with Gasteiger partial charge in [0.1, 0.15) is 11.6 Å². The summed E-state index contributed by atoms with van der Waals surface area (Å²) in [5.41, 5.74) is 1.99. The van der Waals surface area contributed by atoms with Crippen LogP contribution in [0.5, 0.6) is 23.1 Å². The van der Waals surface area contributed by atoms with Crippen molar-refractivity contribution in [2.24, 2.45) is 4.99 Å². The third kappa shape index (κ3) is 7.26. The molecular formula is C23H26FIN4O3. The van der Waals surface area contributed by atoms with Crippen LogP contribution in [0.3, 0.4) is 0 Å². The number of nitrogens with zero attached hydrogens (tertiary/aromatic N) is 2. The van der Waals surface area contributed by atoms with Crippen molar-refractivity contribution in [1.29, 1.82) is 0 Å². The van der Waals surface area contributed by atoms with Gasteiger partial charge in [-0.2, -0.15) is 0 Å². The maximum Gasteiger partial charge on any atom is 0.219 e. The Morgan fingerprint density at radius 2 is 1.56 bits per heavy atom. The first-order chi connectivity index (χ1) is 15.1. The predicted molar refractivity (Wildman–Crippen MR) is 133 cm³/mol. The molecule has 0 aliphatic heterocycles. The third-order valence-corrected chi connectivity index (χ3v) is 4.43. The molecule has 0 saturated carbocycles. The number of halogens is 2. The molecule has 0 aliphatic carbocycles. The highest BCUT2D eigenvalue weighted by molar-refractivity contribution is 14.0. The van der Waals surface area contributed by atoms with Gasteiger partial charge >= 0.3 is 0 Å². The number of rotatable bonds is 8. The highest BCUT2D eigenvalue weighted by Gasteiger charge is 2.06. The lowest BCUT2D eigenvalue weighted by atomic mass is 10.2. The summed E-state index contributed by atoms with van der Waals surface area (Å²) in [5.74, 6) is 2.68. The molecule has 0 amide bonds. The van der Waals surface area contributed by atoms with E-state index in [0.717, 1.165) is 11.1 Å². The highest BCUT2D eigenvalue weighted by Crippen LogP contribution is 2.27. The monoisotopic (exact) mass is 552 g/mol. The first-order valence-corrected chi connectivity index (χ1v) is 9.65. The van der Waals surface area contributed by atoms with Gasteiger partial charge in [0.25, 0.3) is 0 Å². The fourth-order valence-electron chi connectivity index (χ4n) is 2.78. The van der Waals surface area contributed by atoms with E-state index in [1.807, 2.05) is 24.3 Å². The van der Waals surface area contributed by atoms with Crippen molar-refractivity contribution in [1.82, 2.24) is 15.6 Å². The maximum atomic E-state index is 13.0. The van der Waals surface area contributed by atoms with E-state index in [4.69, 9.17) is 14.2 Å². The number of benzene rings is 2. The third-order valence-electron chi connectivity index (χ3n) is 4.43. The topological polar surface area (TPSA) is 77.0 Å². The number of hydrogen-bond donors (Lipinski definition) is 2. The molecule has 0 saturated heterocycles. The highest BCUT2D eigenvalue weighted by atomic mass is 127.